The summed E-state index contributed by atoms with van der Waals surface area (Å²) in [5.41, 5.74) is 3.86. The molecule has 2 aromatic rings. The molecular formula is C15H18N2O3S. The molecule has 0 radical (unpaired) electrons. The van der Waals surface area contributed by atoms with Gasteiger partial charge in [0.1, 0.15) is 5.76 Å². The lowest BCUT2D eigenvalue weighted by Gasteiger charge is -2.07. The van der Waals surface area contributed by atoms with E-state index in [-0.39, 0.29) is 5.09 Å². The highest BCUT2D eigenvalue weighted by molar-refractivity contribution is 7.89. The molecule has 6 heteroatoms. The summed E-state index contributed by atoms with van der Waals surface area (Å²) in [7, 11) is -2.15. The fourth-order valence-corrected chi connectivity index (χ4v) is 3.23. The van der Waals surface area contributed by atoms with Gasteiger partial charge in [-0.15, -0.1) is 0 Å². The van der Waals surface area contributed by atoms with Crippen LogP contribution in [0.15, 0.2) is 39.8 Å². The van der Waals surface area contributed by atoms with Gasteiger partial charge < -0.3 is 9.73 Å². The van der Waals surface area contributed by atoms with Crippen LogP contribution in [0, 0.1) is 0 Å². The molecule has 0 saturated heterocycles. The third kappa shape index (κ3) is 2.96. The van der Waals surface area contributed by atoms with Crippen molar-refractivity contribution in [3.8, 4) is 0 Å². The first-order valence-corrected chi connectivity index (χ1v) is 8.45. The van der Waals surface area contributed by atoms with E-state index in [1.165, 1.54) is 37.1 Å². The monoisotopic (exact) mass is 306 g/mol. The molecule has 1 aliphatic rings. The van der Waals surface area contributed by atoms with Gasteiger partial charge in [0.25, 0.3) is 10.0 Å². The van der Waals surface area contributed by atoms with Crippen molar-refractivity contribution >= 4 is 15.7 Å². The van der Waals surface area contributed by atoms with Crippen LogP contribution >= 0.6 is 0 Å². The molecule has 1 aliphatic carbocycles. The Kier molecular flexibility index (Phi) is 3.73. The summed E-state index contributed by atoms with van der Waals surface area (Å²) in [6.45, 7) is 0.456. The van der Waals surface area contributed by atoms with E-state index in [9.17, 15) is 8.42 Å². The van der Waals surface area contributed by atoms with Crippen LogP contribution in [0.2, 0.25) is 0 Å². The minimum Gasteiger partial charge on any atom is -0.446 e. The van der Waals surface area contributed by atoms with E-state index in [4.69, 9.17) is 4.42 Å². The van der Waals surface area contributed by atoms with E-state index in [0.29, 0.717) is 12.3 Å². The molecule has 1 aromatic carbocycles. The van der Waals surface area contributed by atoms with Crippen molar-refractivity contribution in [1.82, 2.24) is 4.72 Å². The van der Waals surface area contributed by atoms with Gasteiger partial charge in [-0.1, -0.05) is 6.07 Å². The molecular weight excluding hydrogens is 288 g/mol. The molecule has 1 aromatic heterocycles. The van der Waals surface area contributed by atoms with Gasteiger partial charge in [-0.2, -0.15) is 0 Å². The molecule has 2 N–H and O–H groups in total. The van der Waals surface area contributed by atoms with Crippen molar-refractivity contribution < 1.29 is 12.8 Å². The number of sulfonamides is 1. The molecule has 3 rings (SSSR count). The Labute approximate surface area is 124 Å². The number of benzene rings is 1. The maximum absolute atomic E-state index is 11.6. The zero-order valence-corrected chi connectivity index (χ0v) is 12.7. The zero-order chi connectivity index (χ0) is 14.9. The maximum Gasteiger partial charge on any atom is 0.273 e. The molecule has 0 unspecified atom stereocenters. The van der Waals surface area contributed by atoms with Gasteiger partial charge in [-0.3, -0.25) is 0 Å². The summed E-state index contributed by atoms with van der Waals surface area (Å²) < 4.78 is 30.8. The SMILES string of the molecule is CNS(=O)(=O)c1ccc(CNc2ccc3c(c2)CCC3)o1. The Hall–Kier alpha value is -1.79. The predicted molar refractivity (Wildman–Crippen MR) is 80.7 cm³/mol. The fraction of sp³-hybridized carbons (Fsp3) is 0.333. The molecule has 0 amide bonds. The number of hydrogen-bond donors (Lipinski definition) is 2. The van der Waals surface area contributed by atoms with E-state index < -0.39 is 10.0 Å². The van der Waals surface area contributed by atoms with Crippen molar-refractivity contribution in [3.63, 3.8) is 0 Å². The van der Waals surface area contributed by atoms with Crippen LogP contribution in [0.5, 0.6) is 0 Å². The lowest BCUT2D eigenvalue weighted by Crippen LogP contribution is -2.17. The maximum atomic E-state index is 11.6. The second-order valence-electron chi connectivity index (χ2n) is 5.12. The van der Waals surface area contributed by atoms with Crippen LogP contribution in [0.25, 0.3) is 0 Å². The van der Waals surface area contributed by atoms with Gasteiger partial charge in [0.2, 0.25) is 5.09 Å². The molecule has 0 spiro atoms. The summed E-state index contributed by atoms with van der Waals surface area (Å²) in [4.78, 5) is 0. The Balaban J connectivity index is 1.68. The number of fused-ring (bicyclic) bond motifs is 1. The van der Waals surface area contributed by atoms with E-state index in [0.717, 1.165) is 12.1 Å². The van der Waals surface area contributed by atoms with Gasteiger partial charge in [-0.05, 0) is 61.7 Å². The van der Waals surface area contributed by atoms with Gasteiger partial charge in [0.15, 0.2) is 0 Å². The second kappa shape index (κ2) is 5.54. The largest absolute Gasteiger partial charge is 0.446 e. The van der Waals surface area contributed by atoms with Gasteiger partial charge in [-0.25, -0.2) is 13.1 Å². The highest BCUT2D eigenvalue weighted by Gasteiger charge is 2.16. The Morgan fingerprint density at radius 1 is 1.14 bits per heavy atom. The van der Waals surface area contributed by atoms with Crippen LogP contribution in [0.1, 0.15) is 23.3 Å². The quantitative estimate of drug-likeness (QED) is 0.889. The topological polar surface area (TPSA) is 71.3 Å². The fourth-order valence-electron chi connectivity index (χ4n) is 2.57. The normalized spacial score (nSPS) is 14.1. The van der Waals surface area contributed by atoms with E-state index in [1.807, 2.05) is 0 Å². The third-order valence-corrected chi connectivity index (χ3v) is 5.02. The Bertz CT molecular complexity index is 750. The number of hydrogen-bond acceptors (Lipinski definition) is 4. The second-order valence-corrected chi connectivity index (χ2v) is 6.94. The first-order chi connectivity index (χ1) is 10.1. The van der Waals surface area contributed by atoms with Crippen molar-refractivity contribution in [3.05, 3.63) is 47.2 Å². The molecule has 0 bridgehead atoms. The molecule has 0 atom stereocenters. The van der Waals surface area contributed by atoms with Gasteiger partial charge in [0.05, 0.1) is 6.54 Å². The van der Waals surface area contributed by atoms with E-state index in [2.05, 4.69) is 28.2 Å². The number of furan rings is 1. The van der Waals surface area contributed by atoms with Crippen LogP contribution in [-0.2, 0) is 29.4 Å². The minimum absolute atomic E-state index is 0.0595. The average molecular weight is 306 g/mol. The lowest BCUT2D eigenvalue weighted by molar-refractivity contribution is 0.417. The van der Waals surface area contributed by atoms with E-state index in [1.54, 1.807) is 6.07 Å². The standard InChI is InChI=1S/C15H18N2O3S/c1-16-21(18,19)15-8-7-14(20-15)10-17-13-6-5-11-3-2-4-12(11)9-13/h5-9,16-17H,2-4,10H2,1H3. The summed E-state index contributed by atoms with van der Waals surface area (Å²) in [5.74, 6) is 0.587. The van der Waals surface area contributed by atoms with Gasteiger partial charge in [0, 0.05) is 5.69 Å². The van der Waals surface area contributed by atoms with Crippen molar-refractivity contribution in [2.45, 2.75) is 30.9 Å². The molecule has 112 valence electrons. The zero-order valence-electron chi connectivity index (χ0n) is 11.8. The number of nitrogens with one attached hydrogen (secondary N) is 2. The average Bonchev–Trinajstić information content (AvgIpc) is 3.13. The van der Waals surface area contributed by atoms with Gasteiger partial charge >= 0.3 is 0 Å². The molecule has 1 heterocycles. The van der Waals surface area contributed by atoms with Crippen LogP contribution in [0.4, 0.5) is 5.69 Å². The first kappa shape index (κ1) is 14.2. The Morgan fingerprint density at radius 2 is 1.95 bits per heavy atom. The van der Waals surface area contributed by atoms with Crippen molar-refractivity contribution in [2.75, 3.05) is 12.4 Å². The lowest BCUT2D eigenvalue weighted by atomic mass is 10.1. The highest BCUT2D eigenvalue weighted by atomic mass is 32.2. The summed E-state index contributed by atoms with van der Waals surface area (Å²) in [6.07, 6.45) is 3.53. The predicted octanol–water partition coefficient (Wildman–Crippen LogP) is 2.29. The summed E-state index contributed by atoms with van der Waals surface area (Å²) in [6, 6.07) is 9.51. The van der Waals surface area contributed by atoms with Crippen LogP contribution in [-0.4, -0.2) is 15.5 Å². The Morgan fingerprint density at radius 3 is 2.76 bits per heavy atom. The van der Waals surface area contributed by atoms with Crippen LogP contribution in [0.3, 0.4) is 0 Å². The number of aryl methyl sites for hydroxylation is 2. The first-order valence-electron chi connectivity index (χ1n) is 6.96. The molecule has 0 aliphatic heterocycles. The number of anilines is 1. The number of rotatable bonds is 5. The molecule has 5 nitrogen and oxygen atoms in total. The molecule has 0 saturated carbocycles. The molecule has 21 heavy (non-hydrogen) atoms. The minimum atomic E-state index is -3.51. The summed E-state index contributed by atoms with van der Waals surface area (Å²) in [5, 5.41) is 3.20. The van der Waals surface area contributed by atoms with Crippen LogP contribution < -0.4 is 10.0 Å². The van der Waals surface area contributed by atoms with Crippen molar-refractivity contribution in [1.29, 1.82) is 0 Å². The third-order valence-electron chi connectivity index (χ3n) is 3.74. The summed E-state index contributed by atoms with van der Waals surface area (Å²) >= 11 is 0. The smallest absolute Gasteiger partial charge is 0.273 e. The highest BCUT2D eigenvalue weighted by Crippen LogP contribution is 2.25. The van der Waals surface area contributed by atoms with E-state index >= 15 is 0 Å². The molecule has 0 fully saturated rings. The van der Waals surface area contributed by atoms with Crippen molar-refractivity contribution in [2.24, 2.45) is 0 Å².